The van der Waals surface area contributed by atoms with Gasteiger partial charge in [0.25, 0.3) is 0 Å². The maximum atomic E-state index is 15.1. The van der Waals surface area contributed by atoms with Crippen molar-refractivity contribution in [3.63, 3.8) is 0 Å². The molecule has 1 aliphatic carbocycles. The SMILES string of the molecule is CP(C)c1ccccc1Nc1nc(Nc2ccc(N3CCC4(CC3)CC(N)C4)c(F)c2)ncc1Cl.O=C(O)C(F)(F)F. The van der Waals surface area contributed by atoms with Gasteiger partial charge in [0.05, 0.1) is 11.9 Å². The fourth-order valence-electron chi connectivity index (χ4n) is 5.26. The summed E-state index contributed by atoms with van der Waals surface area (Å²) in [5, 5.41) is 15.2. The van der Waals surface area contributed by atoms with Crippen molar-refractivity contribution in [2.24, 2.45) is 11.1 Å². The molecule has 8 nitrogen and oxygen atoms in total. The van der Waals surface area contributed by atoms with Gasteiger partial charge in [0.2, 0.25) is 5.95 Å². The van der Waals surface area contributed by atoms with Crippen LogP contribution in [-0.4, -0.2) is 59.7 Å². The molecule has 0 unspecified atom stereocenters. The zero-order chi connectivity index (χ0) is 30.7. The molecule has 14 heteroatoms. The summed E-state index contributed by atoms with van der Waals surface area (Å²) in [5.74, 6) is -2.16. The molecular formula is C28H32ClF4N6O2P. The molecule has 5 rings (SSSR count). The number of anilines is 5. The lowest BCUT2D eigenvalue weighted by molar-refractivity contribution is -0.192. The Hall–Kier alpha value is -3.21. The number of benzene rings is 2. The highest BCUT2D eigenvalue weighted by Crippen LogP contribution is 2.49. The van der Waals surface area contributed by atoms with Gasteiger partial charge in [0.15, 0.2) is 5.82 Å². The van der Waals surface area contributed by atoms with Crippen LogP contribution in [0.5, 0.6) is 0 Å². The summed E-state index contributed by atoms with van der Waals surface area (Å²) in [6.45, 7) is 6.14. The Balaban J connectivity index is 0.000000517. The number of para-hydroxylation sites is 1. The Labute approximate surface area is 247 Å². The molecule has 2 aliphatic rings. The number of carbonyl (C=O) groups is 1. The van der Waals surface area contributed by atoms with Crippen molar-refractivity contribution in [3.05, 3.63) is 59.5 Å². The van der Waals surface area contributed by atoms with Crippen LogP contribution in [0.4, 0.5) is 46.4 Å². The molecular weight excluding hydrogens is 595 g/mol. The quantitative estimate of drug-likeness (QED) is 0.182. The first-order chi connectivity index (χ1) is 19.8. The van der Waals surface area contributed by atoms with E-state index in [1.54, 1.807) is 6.20 Å². The Kier molecular flexibility index (Phi) is 9.80. The normalized spacial score (nSPS) is 16.5. The van der Waals surface area contributed by atoms with Crippen molar-refractivity contribution >= 4 is 59.6 Å². The van der Waals surface area contributed by atoms with E-state index < -0.39 is 12.1 Å². The molecule has 5 N–H and O–H groups in total. The largest absolute Gasteiger partial charge is 0.490 e. The maximum absolute atomic E-state index is 15.1. The number of aliphatic carboxylic acids is 1. The molecule has 226 valence electrons. The van der Waals surface area contributed by atoms with Gasteiger partial charge in [-0.15, -0.1) is 0 Å². The topological polar surface area (TPSA) is 116 Å². The number of rotatable bonds is 6. The second-order valence-electron chi connectivity index (χ2n) is 10.7. The van der Waals surface area contributed by atoms with Crippen LogP contribution >= 0.6 is 19.5 Å². The van der Waals surface area contributed by atoms with Crippen molar-refractivity contribution in [1.82, 2.24) is 9.97 Å². The van der Waals surface area contributed by atoms with E-state index in [-0.39, 0.29) is 13.7 Å². The van der Waals surface area contributed by atoms with Crippen molar-refractivity contribution in [2.45, 2.75) is 37.9 Å². The molecule has 1 aromatic heterocycles. The van der Waals surface area contributed by atoms with Gasteiger partial charge in [-0.2, -0.15) is 18.2 Å². The average molecular weight is 627 g/mol. The van der Waals surface area contributed by atoms with Gasteiger partial charge < -0.3 is 26.4 Å². The number of alkyl halides is 3. The zero-order valence-corrected chi connectivity index (χ0v) is 24.7. The van der Waals surface area contributed by atoms with Crippen LogP contribution in [-0.2, 0) is 4.79 Å². The number of hydrogen-bond donors (Lipinski definition) is 4. The highest BCUT2D eigenvalue weighted by molar-refractivity contribution is 7.64. The molecule has 0 radical (unpaired) electrons. The standard InChI is InChI=1S/C26H31ClFN6P.C2HF3O2/c1-35(2)23-6-4-3-5-21(23)32-24-19(27)16-30-25(33-24)31-18-7-8-22(20(28)13-18)34-11-9-26(10-12-34)14-17(29)15-26;3-2(4,5)1(6)7/h3-8,13,16-17H,9-12,14-15,29H2,1-2H3,(H2,30,31,32,33);(H,6,7). The van der Waals surface area contributed by atoms with Crippen LogP contribution in [0.15, 0.2) is 48.7 Å². The van der Waals surface area contributed by atoms with Crippen LogP contribution in [0, 0.1) is 11.2 Å². The molecule has 1 aliphatic heterocycles. The highest BCUT2D eigenvalue weighted by atomic mass is 35.5. The average Bonchev–Trinajstić information content (AvgIpc) is 2.91. The number of halogens is 5. The minimum absolute atomic E-state index is 0.253. The summed E-state index contributed by atoms with van der Waals surface area (Å²) < 4.78 is 46.8. The number of carboxylic acids is 1. The summed E-state index contributed by atoms with van der Waals surface area (Å²) in [6, 6.07) is 13.7. The molecule has 0 amide bonds. The van der Waals surface area contributed by atoms with E-state index in [9.17, 15) is 13.2 Å². The summed E-state index contributed by atoms with van der Waals surface area (Å²) in [7, 11) is -0.303. The van der Waals surface area contributed by atoms with Gasteiger partial charge in [0.1, 0.15) is 10.8 Å². The van der Waals surface area contributed by atoms with E-state index in [0.717, 1.165) is 44.5 Å². The lowest BCUT2D eigenvalue weighted by atomic mass is 9.60. The number of hydrogen-bond acceptors (Lipinski definition) is 7. The summed E-state index contributed by atoms with van der Waals surface area (Å²) in [6.07, 6.45) is 0.830. The number of piperidine rings is 1. The molecule has 2 heterocycles. The van der Waals surface area contributed by atoms with Gasteiger partial charge in [-0.3, -0.25) is 0 Å². The third-order valence-electron chi connectivity index (χ3n) is 7.38. The van der Waals surface area contributed by atoms with Crippen molar-refractivity contribution in [1.29, 1.82) is 0 Å². The molecule has 42 heavy (non-hydrogen) atoms. The fraction of sp³-hybridized carbons (Fsp3) is 0.393. The van der Waals surface area contributed by atoms with Crippen LogP contribution in [0.2, 0.25) is 5.02 Å². The Morgan fingerprint density at radius 1 is 1.14 bits per heavy atom. The monoisotopic (exact) mass is 626 g/mol. The predicted octanol–water partition coefficient (Wildman–Crippen LogP) is 6.46. The molecule has 0 bridgehead atoms. The van der Waals surface area contributed by atoms with E-state index in [0.29, 0.717) is 39.6 Å². The first kappa shape index (κ1) is 31.7. The van der Waals surface area contributed by atoms with Gasteiger partial charge in [-0.25, -0.2) is 14.2 Å². The molecule has 2 fully saturated rings. The number of nitrogens with zero attached hydrogens (tertiary/aromatic N) is 3. The number of aromatic nitrogens is 2. The van der Waals surface area contributed by atoms with Crippen LogP contribution in [0.3, 0.4) is 0 Å². The molecule has 1 spiro atoms. The first-order valence-corrected chi connectivity index (χ1v) is 15.8. The molecule has 3 aromatic rings. The van der Waals surface area contributed by atoms with Gasteiger partial charge in [0, 0.05) is 30.5 Å². The summed E-state index contributed by atoms with van der Waals surface area (Å²) >= 11 is 6.37. The molecule has 1 saturated carbocycles. The molecule has 0 atom stereocenters. The third kappa shape index (κ3) is 7.79. The van der Waals surface area contributed by atoms with E-state index in [1.165, 1.54) is 11.4 Å². The Morgan fingerprint density at radius 2 is 1.79 bits per heavy atom. The minimum atomic E-state index is -5.08. The van der Waals surface area contributed by atoms with Gasteiger partial charge >= 0.3 is 12.1 Å². The van der Waals surface area contributed by atoms with E-state index in [1.807, 2.05) is 30.3 Å². The van der Waals surface area contributed by atoms with Crippen LogP contribution < -0.4 is 26.6 Å². The lowest BCUT2D eigenvalue weighted by Gasteiger charge is -2.51. The smallest absolute Gasteiger partial charge is 0.475 e. The van der Waals surface area contributed by atoms with Crippen LogP contribution in [0.25, 0.3) is 0 Å². The first-order valence-electron chi connectivity index (χ1n) is 13.2. The van der Waals surface area contributed by atoms with Crippen LogP contribution in [0.1, 0.15) is 25.7 Å². The van der Waals surface area contributed by atoms with E-state index in [4.69, 9.17) is 27.2 Å². The van der Waals surface area contributed by atoms with E-state index in [2.05, 4.69) is 44.9 Å². The van der Waals surface area contributed by atoms with Gasteiger partial charge in [-0.05, 0) is 74.0 Å². The maximum Gasteiger partial charge on any atom is 0.490 e. The number of nitrogens with two attached hydrogens (primary N) is 1. The minimum Gasteiger partial charge on any atom is -0.475 e. The van der Waals surface area contributed by atoms with E-state index >= 15 is 4.39 Å². The predicted molar refractivity (Wildman–Crippen MR) is 160 cm³/mol. The fourth-order valence-corrected chi connectivity index (χ4v) is 6.40. The van der Waals surface area contributed by atoms with Gasteiger partial charge in [-0.1, -0.05) is 37.7 Å². The second-order valence-corrected chi connectivity index (χ2v) is 13.4. The molecule has 2 aromatic carbocycles. The summed E-state index contributed by atoms with van der Waals surface area (Å²) in [5.41, 5.74) is 8.59. The highest BCUT2D eigenvalue weighted by Gasteiger charge is 2.44. The lowest BCUT2D eigenvalue weighted by Crippen LogP contribution is -2.52. The Bertz CT molecular complexity index is 1410. The zero-order valence-electron chi connectivity index (χ0n) is 23.1. The Morgan fingerprint density at radius 3 is 2.36 bits per heavy atom. The number of carboxylic acid groups (broad SMARTS) is 1. The number of nitrogens with one attached hydrogen (secondary N) is 2. The van der Waals surface area contributed by atoms with Crippen molar-refractivity contribution in [3.8, 4) is 0 Å². The van der Waals surface area contributed by atoms with Crippen molar-refractivity contribution < 1.29 is 27.5 Å². The molecule has 1 saturated heterocycles. The second kappa shape index (κ2) is 13.0. The third-order valence-corrected chi connectivity index (χ3v) is 9.01. The van der Waals surface area contributed by atoms with Crippen molar-refractivity contribution in [2.75, 3.05) is 42.0 Å². The summed E-state index contributed by atoms with van der Waals surface area (Å²) in [4.78, 5) is 19.9.